The molecule has 1 N–H and O–H groups in total. The summed E-state index contributed by atoms with van der Waals surface area (Å²) in [4.78, 5) is 10.3. The highest BCUT2D eigenvalue weighted by atomic mass is 16.6. The minimum Gasteiger partial charge on any atom is -0.479 e. The number of nitro benzene ring substituents is 1. The molecule has 0 radical (unpaired) electrons. The van der Waals surface area contributed by atoms with Gasteiger partial charge in [-0.2, -0.15) is 0 Å². The molecule has 1 aromatic carbocycles. The molecule has 100 valence electrons. The van der Waals surface area contributed by atoms with Crippen molar-refractivity contribution in [1.29, 1.82) is 0 Å². The molecule has 0 aliphatic rings. The van der Waals surface area contributed by atoms with Crippen LogP contribution in [0.3, 0.4) is 0 Å². The van der Waals surface area contributed by atoms with Crippen molar-refractivity contribution in [3.8, 4) is 5.75 Å². The van der Waals surface area contributed by atoms with Crippen molar-refractivity contribution in [2.75, 3.05) is 0 Å². The molecule has 1 aromatic heterocycles. The van der Waals surface area contributed by atoms with E-state index < -0.39 is 4.92 Å². The molecule has 0 spiro atoms. The fourth-order valence-corrected chi connectivity index (χ4v) is 1.50. The van der Waals surface area contributed by atoms with Gasteiger partial charge >= 0.3 is 5.69 Å². The van der Waals surface area contributed by atoms with Gasteiger partial charge in [-0.1, -0.05) is 0 Å². The number of rotatable bonds is 5. The molecule has 0 amide bonds. The smallest absolute Gasteiger partial charge is 0.310 e. The number of ether oxygens (including phenoxy) is 1. The molecule has 0 saturated heterocycles. The van der Waals surface area contributed by atoms with E-state index in [1.54, 1.807) is 11.6 Å². The number of hydrogen-bond acceptors (Lipinski definition) is 6. The molecule has 2 rings (SSSR count). The van der Waals surface area contributed by atoms with Crippen LogP contribution in [0.25, 0.3) is 0 Å². The minimum atomic E-state index is -0.535. The first-order chi connectivity index (χ1) is 9.11. The summed E-state index contributed by atoms with van der Waals surface area (Å²) in [7, 11) is 1.75. The summed E-state index contributed by atoms with van der Waals surface area (Å²) in [6.07, 6.45) is 1.51. The van der Waals surface area contributed by atoms with Gasteiger partial charge in [-0.3, -0.25) is 10.1 Å². The van der Waals surface area contributed by atoms with E-state index in [2.05, 4.69) is 10.2 Å². The van der Waals surface area contributed by atoms with E-state index >= 15 is 0 Å². The fraction of sp³-hybridized carbons (Fsp3) is 0.273. The Kier molecular flexibility index (Phi) is 3.71. The molecule has 8 heteroatoms. The lowest BCUT2D eigenvalue weighted by molar-refractivity contribution is -0.386. The molecule has 1 heterocycles. The van der Waals surface area contributed by atoms with Crippen LogP contribution in [-0.2, 0) is 20.3 Å². The topological polar surface area (TPSA) is 103 Å². The van der Waals surface area contributed by atoms with Crippen molar-refractivity contribution >= 4 is 5.69 Å². The van der Waals surface area contributed by atoms with Gasteiger partial charge in [0.15, 0.2) is 11.6 Å². The molecule has 0 aliphatic heterocycles. The Hall–Kier alpha value is -2.48. The Morgan fingerprint density at radius 3 is 2.89 bits per heavy atom. The second-order valence-electron chi connectivity index (χ2n) is 3.86. The molecular formula is C11H12N4O4. The number of hydrogen-bond donors (Lipinski definition) is 1. The van der Waals surface area contributed by atoms with Crippen LogP contribution >= 0.6 is 0 Å². The first kappa shape index (κ1) is 13.0. The molecule has 0 bridgehead atoms. The summed E-state index contributed by atoms with van der Waals surface area (Å²) in [5.41, 5.74) is 0.387. The number of nitrogens with zero attached hydrogens (tertiary/aromatic N) is 4. The van der Waals surface area contributed by atoms with Crippen LogP contribution in [0.2, 0.25) is 0 Å². The zero-order valence-corrected chi connectivity index (χ0v) is 10.2. The van der Waals surface area contributed by atoms with E-state index in [1.807, 2.05) is 0 Å². The van der Waals surface area contributed by atoms with E-state index in [4.69, 9.17) is 9.84 Å². The third-order valence-electron chi connectivity index (χ3n) is 2.57. The summed E-state index contributed by atoms with van der Waals surface area (Å²) in [6, 6.07) is 4.22. The fourth-order valence-electron chi connectivity index (χ4n) is 1.50. The number of aliphatic hydroxyl groups is 1. The van der Waals surface area contributed by atoms with Crippen LogP contribution in [0.1, 0.15) is 11.4 Å². The van der Waals surface area contributed by atoms with Gasteiger partial charge < -0.3 is 14.4 Å². The van der Waals surface area contributed by atoms with Crippen molar-refractivity contribution in [1.82, 2.24) is 14.8 Å². The second kappa shape index (κ2) is 5.44. The standard InChI is InChI=1S/C11H12N4O4/c1-14-7-12-13-11(14)6-19-10-4-8(5-16)2-3-9(10)15(17)18/h2-4,7,16H,5-6H2,1H3. The maximum absolute atomic E-state index is 10.9. The average Bonchev–Trinajstić information content (AvgIpc) is 2.81. The number of aryl methyl sites for hydroxylation is 1. The number of aliphatic hydroxyl groups excluding tert-OH is 1. The first-order valence-corrected chi connectivity index (χ1v) is 5.45. The SMILES string of the molecule is Cn1cnnc1COc1cc(CO)ccc1[N+](=O)[O-]. The van der Waals surface area contributed by atoms with Crippen molar-refractivity contribution in [2.45, 2.75) is 13.2 Å². The van der Waals surface area contributed by atoms with Gasteiger partial charge in [-0.05, 0) is 17.7 Å². The van der Waals surface area contributed by atoms with Crippen LogP contribution in [0.15, 0.2) is 24.5 Å². The van der Waals surface area contributed by atoms with E-state index in [9.17, 15) is 10.1 Å². The van der Waals surface area contributed by atoms with E-state index in [0.717, 1.165) is 0 Å². The molecule has 2 aromatic rings. The van der Waals surface area contributed by atoms with Gasteiger partial charge in [-0.25, -0.2) is 0 Å². The van der Waals surface area contributed by atoms with Gasteiger partial charge in [0, 0.05) is 13.1 Å². The highest BCUT2D eigenvalue weighted by Gasteiger charge is 2.16. The molecule has 0 fully saturated rings. The van der Waals surface area contributed by atoms with Crippen LogP contribution in [0, 0.1) is 10.1 Å². The van der Waals surface area contributed by atoms with E-state index in [-0.39, 0.29) is 24.7 Å². The maximum atomic E-state index is 10.9. The van der Waals surface area contributed by atoms with Crippen LogP contribution in [0.5, 0.6) is 5.75 Å². The zero-order chi connectivity index (χ0) is 13.8. The summed E-state index contributed by atoms with van der Waals surface area (Å²) in [6.45, 7) is -0.148. The monoisotopic (exact) mass is 264 g/mol. The Morgan fingerprint density at radius 1 is 1.53 bits per heavy atom. The lowest BCUT2D eigenvalue weighted by Gasteiger charge is -2.07. The average molecular weight is 264 g/mol. The molecule has 19 heavy (non-hydrogen) atoms. The van der Waals surface area contributed by atoms with Crippen LogP contribution in [-0.4, -0.2) is 24.8 Å². The molecule has 0 unspecified atom stereocenters. The van der Waals surface area contributed by atoms with Gasteiger partial charge in [0.1, 0.15) is 12.9 Å². The lowest BCUT2D eigenvalue weighted by Crippen LogP contribution is -2.05. The quantitative estimate of drug-likeness (QED) is 0.632. The summed E-state index contributed by atoms with van der Waals surface area (Å²) >= 11 is 0. The molecular weight excluding hydrogens is 252 g/mol. The van der Waals surface area contributed by atoms with Crippen molar-refractivity contribution in [3.63, 3.8) is 0 Å². The van der Waals surface area contributed by atoms with Crippen molar-refractivity contribution in [3.05, 3.63) is 46.0 Å². The molecule has 8 nitrogen and oxygen atoms in total. The van der Waals surface area contributed by atoms with Gasteiger partial charge in [-0.15, -0.1) is 10.2 Å². The van der Waals surface area contributed by atoms with Crippen LogP contribution in [0.4, 0.5) is 5.69 Å². The highest BCUT2D eigenvalue weighted by Crippen LogP contribution is 2.28. The van der Waals surface area contributed by atoms with Crippen LogP contribution < -0.4 is 4.74 Å². The number of aromatic nitrogens is 3. The van der Waals surface area contributed by atoms with Crippen molar-refractivity contribution in [2.24, 2.45) is 7.05 Å². The maximum Gasteiger partial charge on any atom is 0.310 e. The summed E-state index contributed by atoms with van der Waals surface area (Å²) < 4.78 is 7.04. The first-order valence-electron chi connectivity index (χ1n) is 5.45. The predicted molar refractivity (Wildman–Crippen MR) is 64.4 cm³/mol. The lowest BCUT2D eigenvalue weighted by atomic mass is 10.2. The number of benzene rings is 1. The predicted octanol–water partition coefficient (Wildman–Crippen LogP) is 0.795. The Balaban J connectivity index is 2.22. The Bertz CT molecular complexity index is 596. The summed E-state index contributed by atoms with van der Waals surface area (Å²) in [5.74, 6) is 0.642. The summed E-state index contributed by atoms with van der Waals surface area (Å²) in [5, 5.41) is 27.4. The Morgan fingerprint density at radius 2 is 2.32 bits per heavy atom. The minimum absolute atomic E-state index is 0.0617. The molecule has 0 aliphatic carbocycles. The molecule has 0 saturated carbocycles. The number of nitro groups is 1. The third kappa shape index (κ3) is 2.86. The van der Waals surface area contributed by atoms with Gasteiger partial charge in [0.25, 0.3) is 0 Å². The van der Waals surface area contributed by atoms with E-state index in [0.29, 0.717) is 11.4 Å². The highest BCUT2D eigenvalue weighted by molar-refractivity contribution is 5.48. The molecule has 0 atom stereocenters. The second-order valence-corrected chi connectivity index (χ2v) is 3.86. The third-order valence-corrected chi connectivity index (χ3v) is 2.57. The van der Waals surface area contributed by atoms with Gasteiger partial charge in [0.2, 0.25) is 0 Å². The zero-order valence-electron chi connectivity index (χ0n) is 10.2. The normalized spacial score (nSPS) is 10.4. The van der Waals surface area contributed by atoms with Crippen molar-refractivity contribution < 1.29 is 14.8 Å². The largest absolute Gasteiger partial charge is 0.479 e. The Labute approximate surface area is 108 Å². The van der Waals surface area contributed by atoms with Gasteiger partial charge in [0.05, 0.1) is 11.5 Å². The van der Waals surface area contributed by atoms with E-state index in [1.165, 1.54) is 24.5 Å².